The summed E-state index contributed by atoms with van der Waals surface area (Å²) in [5, 5.41) is 0. The van der Waals surface area contributed by atoms with Gasteiger partial charge in [-0.1, -0.05) is 0 Å². The van der Waals surface area contributed by atoms with Gasteiger partial charge in [0.15, 0.2) is 17.3 Å². The number of hydrogen-bond acceptors (Lipinski definition) is 2. The molecule has 0 aliphatic heterocycles. The van der Waals surface area contributed by atoms with E-state index in [4.69, 9.17) is 10.5 Å². The van der Waals surface area contributed by atoms with Crippen LogP contribution >= 0.6 is 22.6 Å². The van der Waals surface area contributed by atoms with E-state index >= 15 is 0 Å². The van der Waals surface area contributed by atoms with Gasteiger partial charge in [0.2, 0.25) is 0 Å². The topological polar surface area (TPSA) is 35.2 Å². The molecule has 0 aliphatic carbocycles. The van der Waals surface area contributed by atoms with Gasteiger partial charge < -0.3 is 10.5 Å². The smallest absolute Gasteiger partial charge is 0.166 e. The Kier molecular flexibility index (Phi) is 3.65. The van der Waals surface area contributed by atoms with Gasteiger partial charge in [-0.3, -0.25) is 0 Å². The van der Waals surface area contributed by atoms with E-state index in [0.717, 1.165) is 24.3 Å². The van der Waals surface area contributed by atoms with Gasteiger partial charge in [0.1, 0.15) is 11.6 Å². The minimum absolute atomic E-state index is 0.0579. The molecule has 0 saturated carbocycles. The van der Waals surface area contributed by atoms with Crippen molar-refractivity contribution in [3.63, 3.8) is 0 Å². The van der Waals surface area contributed by atoms with Crippen LogP contribution in [0.25, 0.3) is 0 Å². The Balaban J connectivity index is 2.40. The summed E-state index contributed by atoms with van der Waals surface area (Å²) >= 11 is 1.77. The standard InChI is InChI=1S/C12H7F3INO/c13-6-1-2-7(14)11(3-6)18-12-4-8(15)9(16)5-10(12)17/h1-5H,17H2. The number of halogens is 4. The molecule has 0 heterocycles. The number of hydrogen-bond donors (Lipinski definition) is 1. The summed E-state index contributed by atoms with van der Waals surface area (Å²) in [5.41, 5.74) is 5.76. The molecule has 2 aromatic carbocycles. The summed E-state index contributed by atoms with van der Waals surface area (Å²) in [6.45, 7) is 0. The molecule has 6 heteroatoms. The second-order valence-electron chi connectivity index (χ2n) is 3.48. The Morgan fingerprint density at radius 2 is 1.67 bits per heavy atom. The number of nitrogen functional groups attached to an aromatic ring is 1. The van der Waals surface area contributed by atoms with E-state index in [1.165, 1.54) is 6.07 Å². The van der Waals surface area contributed by atoms with Crippen LogP contribution in [0, 0.1) is 21.0 Å². The van der Waals surface area contributed by atoms with Crippen molar-refractivity contribution in [2.24, 2.45) is 0 Å². The summed E-state index contributed by atoms with van der Waals surface area (Å²) in [6.07, 6.45) is 0. The highest BCUT2D eigenvalue weighted by molar-refractivity contribution is 14.1. The Morgan fingerprint density at radius 3 is 2.39 bits per heavy atom. The average molecular weight is 365 g/mol. The minimum Gasteiger partial charge on any atom is -0.452 e. The van der Waals surface area contributed by atoms with Crippen LogP contribution in [-0.2, 0) is 0 Å². The van der Waals surface area contributed by atoms with Crippen molar-refractivity contribution in [3.05, 3.63) is 51.4 Å². The Hall–Kier alpha value is -1.44. The molecule has 2 nitrogen and oxygen atoms in total. The second kappa shape index (κ2) is 5.05. The summed E-state index contributed by atoms with van der Waals surface area (Å²) in [4.78, 5) is 0. The molecule has 0 atom stereocenters. The molecule has 2 aromatic rings. The molecule has 0 fully saturated rings. The minimum atomic E-state index is -0.755. The zero-order chi connectivity index (χ0) is 13.3. The van der Waals surface area contributed by atoms with Gasteiger partial charge in [-0.2, -0.15) is 0 Å². The first-order valence-electron chi connectivity index (χ1n) is 4.85. The van der Waals surface area contributed by atoms with E-state index in [9.17, 15) is 13.2 Å². The largest absolute Gasteiger partial charge is 0.452 e. The molecule has 0 saturated heterocycles. The Labute approximate surface area is 115 Å². The SMILES string of the molecule is Nc1cc(I)c(F)cc1Oc1cc(F)ccc1F. The fourth-order valence-electron chi connectivity index (χ4n) is 1.31. The zero-order valence-electron chi connectivity index (χ0n) is 8.88. The van der Waals surface area contributed by atoms with Gasteiger partial charge in [-0.15, -0.1) is 0 Å². The number of anilines is 1. The molecule has 2 N–H and O–H groups in total. The van der Waals surface area contributed by atoms with E-state index in [0.29, 0.717) is 3.57 Å². The van der Waals surface area contributed by atoms with E-state index in [-0.39, 0.29) is 17.2 Å². The van der Waals surface area contributed by atoms with Crippen molar-refractivity contribution in [2.45, 2.75) is 0 Å². The van der Waals surface area contributed by atoms with Crippen LogP contribution in [0.15, 0.2) is 30.3 Å². The summed E-state index contributed by atoms with van der Waals surface area (Å²) in [7, 11) is 0. The first-order chi connectivity index (χ1) is 8.47. The third kappa shape index (κ3) is 2.69. The molecule has 0 amide bonds. The van der Waals surface area contributed by atoms with Crippen LogP contribution in [0.4, 0.5) is 18.9 Å². The van der Waals surface area contributed by atoms with Crippen LogP contribution in [0.2, 0.25) is 0 Å². The molecule has 18 heavy (non-hydrogen) atoms. The highest BCUT2D eigenvalue weighted by Crippen LogP contribution is 2.32. The normalized spacial score (nSPS) is 10.4. The van der Waals surface area contributed by atoms with Crippen molar-refractivity contribution in [1.29, 1.82) is 0 Å². The molecule has 0 radical (unpaired) electrons. The molecule has 0 unspecified atom stereocenters. The van der Waals surface area contributed by atoms with Crippen LogP contribution in [0.3, 0.4) is 0 Å². The molecular weight excluding hydrogens is 358 g/mol. The lowest BCUT2D eigenvalue weighted by Gasteiger charge is -2.10. The van der Waals surface area contributed by atoms with Crippen molar-refractivity contribution >= 4 is 28.3 Å². The highest BCUT2D eigenvalue weighted by atomic mass is 127. The summed E-state index contributed by atoms with van der Waals surface area (Å²) in [6, 6.07) is 5.12. The number of nitrogens with two attached hydrogens (primary N) is 1. The quantitative estimate of drug-likeness (QED) is 0.643. The second-order valence-corrected chi connectivity index (χ2v) is 4.64. The number of benzene rings is 2. The predicted molar refractivity (Wildman–Crippen MR) is 70.0 cm³/mol. The lowest BCUT2D eigenvalue weighted by Crippen LogP contribution is -1.97. The monoisotopic (exact) mass is 365 g/mol. The van der Waals surface area contributed by atoms with Gasteiger partial charge >= 0.3 is 0 Å². The third-order valence-corrected chi connectivity index (χ3v) is 2.99. The number of rotatable bonds is 2. The van der Waals surface area contributed by atoms with Gasteiger partial charge in [0, 0.05) is 12.1 Å². The van der Waals surface area contributed by atoms with Crippen molar-refractivity contribution in [3.8, 4) is 11.5 Å². The van der Waals surface area contributed by atoms with Gasteiger partial charge in [-0.25, -0.2) is 13.2 Å². The summed E-state index contributed by atoms with van der Waals surface area (Å²) in [5.74, 6) is -2.36. The maximum atomic E-state index is 13.3. The van der Waals surface area contributed by atoms with E-state index in [2.05, 4.69) is 0 Å². The van der Waals surface area contributed by atoms with Crippen LogP contribution in [0.1, 0.15) is 0 Å². The average Bonchev–Trinajstić information content (AvgIpc) is 2.30. The Bertz CT molecular complexity index is 604. The van der Waals surface area contributed by atoms with E-state index in [1.807, 2.05) is 0 Å². The maximum Gasteiger partial charge on any atom is 0.166 e. The molecule has 0 aromatic heterocycles. The Morgan fingerprint density at radius 1 is 0.944 bits per heavy atom. The van der Waals surface area contributed by atoms with Crippen LogP contribution < -0.4 is 10.5 Å². The van der Waals surface area contributed by atoms with Gasteiger partial charge in [0.05, 0.1) is 9.26 Å². The lowest BCUT2D eigenvalue weighted by atomic mass is 10.3. The van der Waals surface area contributed by atoms with Gasteiger partial charge in [-0.05, 0) is 40.8 Å². The fourth-order valence-corrected chi connectivity index (χ4v) is 1.80. The van der Waals surface area contributed by atoms with Crippen LogP contribution in [0.5, 0.6) is 11.5 Å². The first-order valence-corrected chi connectivity index (χ1v) is 5.92. The molecular formula is C12H7F3INO. The third-order valence-electron chi connectivity index (χ3n) is 2.17. The molecule has 0 bridgehead atoms. The molecule has 2 rings (SSSR count). The fraction of sp³-hybridized carbons (Fsp3) is 0. The van der Waals surface area contributed by atoms with Gasteiger partial charge in [0.25, 0.3) is 0 Å². The van der Waals surface area contributed by atoms with Crippen molar-refractivity contribution in [2.75, 3.05) is 5.73 Å². The molecule has 0 aliphatic rings. The summed E-state index contributed by atoms with van der Waals surface area (Å²) < 4.78 is 45.0. The lowest BCUT2D eigenvalue weighted by molar-refractivity contribution is 0.435. The number of ether oxygens (including phenoxy) is 1. The van der Waals surface area contributed by atoms with Crippen molar-refractivity contribution in [1.82, 2.24) is 0 Å². The highest BCUT2D eigenvalue weighted by Gasteiger charge is 2.11. The van der Waals surface area contributed by atoms with Crippen molar-refractivity contribution < 1.29 is 17.9 Å². The first kappa shape index (κ1) is 13.0. The molecule has 0 spiro atoms. The van der Waals surface area contributed by atoms with Crippen LogP contribution in [-0.4, -0.2) is 0 Å². The zero-order valence-corrected chi connectivity index (χ0v) is 11.0. The maximum absolute atomic E-state index is 13.3. The van der Waals surface area contributed by atoms with E-state index in [1.54, 1.807) is 22.6 Å². The molecule has 94 valence electrons. The van der Waals surface area contributed by atoms with E-state index < -0.39 is 17.5 Å². The predicted octanol–water partition coefficient (Wildman–Crippen LogP) is 4.08.